The van der Waals surface area contributed by atoms with Gasteiger partial charge in [0.15, 0.2) is 22.7 Å². The van der Waals surface area contributed by atoms with Crippen LogP contribution in [0.5, 0.6) is 40.2 Å². The van der Waals surface area contributed by atoms with Gasteiger partial charge in [-0.25, -0.2) is 9.59 Å². The maximum absolute atomic E-state index is 15.0. The molecule has 0 bridgehead atoms. The third-order valence-corrected chi connectivity index (χ3v) is 20.5. The molecule has 14 heteroatoms. The molecule has 5 aliphatic rings. The van der Waals surface area contributed by atoms with Crippen LogP contribution in [-0.4, -0.2) is 90.6 Å². The first-order valence-corrected chi connectivity index (χ1v) is 33.1. The Morgan fingerprint density at radius 1 is 0.520 bits per heavy atom. The second kappa shape index (κ2) is 24.1. The second-order valence-electron chi connectivity index (χ2n) is 26.7. The molecule has 10 aromatic rings. The summed E-state index contributed by atoms with van der Waals surface area (Å²) in [6, 6.07) is 59.4. The van der Waals surface area contributed by atoms with Gasteiger partial charge in [0.1, 0.15) is 35.4 Å². The largest absolute Gasteiger partial charge is 0.497 e. The van der Waals surface area contributed by atoms with Gasteiger partial charge >= 0.3 is 12.1 Å². The summed E-state index contributed by atoms with van der Waals surface area (Å²) >= 11 is 0. The average molecular weight is 1300 g/mol. The molecular weight excluding hydrogens is 1230 g/mol. The number of hydrogen-bond acceptors (Lipinski definition) is 12. The van der Waals surface area contributed by atoms with E-state index in [4.69, 9.17) is 37.9 Å². The Balaban J connectivity index is 0.703. The van der Waals surface area contributed by atoms with Crippen molar-refractivity contribution in [3.8, 4) is 62.5 Å². The fourth-order valence-corrected chi connectivity index (χ4v) is 15.6. The van der Waals surface area contributed by atoms with Crippen molar-refractivity contribution in [1.29, 1.82) is 0 Å². The van der Waals surface area contributed by atoms with Crippen molar-refractivity contribution < 1.29 is 52.3 Å². The number of nitrogens with zero attached hydrogens (tertiary/aromatic N) is 2. The van der Waals surface area contributed by atoms with Crippen LogP contribution in [0.2, 0.25) is 0 Å². The zero-order valence-corrected chi connectivity index (χ0v) is 56.4. The molecule has 98 heavy (non-hydrogen) atoms. The lowest BCUT2D eigenvalue weighted by Crippen LogP contribution is -2.48. The van der Waals surface area contributed by atoms with Crippen molar-refractivity contribution in [2.24, 2.45) is 0 Å². The van der Waals surface area contributed by atoms with E-state index in [1.165, 1.54) is 22.3 Å². The lowest BCUT2D eigenvalue weighted by atomic mass is 9.76. The summed E-state index contributed by atoms with van der Waals surface area (Å²) in [5.74, 6) is 3.91. The molecule has 10 aromatic carbocycles. The zero-order valence-electron chi connectivity index (χ0n) is 56.4. The molecular formula is C84H75N3O11. The van der Waals surface area contributed by atoms with Gasteiger partial charge < -0.3 is 53.0 Å². The molecule has 2 aliphatic carbocycles. The predicted molar refractivity (Wildman–Crippen MR) is 384 cm³/mol. The van der Waals surface area contributed by atoms with E-state index in [9.17, 15) is 14.4 Å². The van der Waals surface area contributed by atoms with Crippen molar-refractivity contribution in [3.05, 3.63) is 261 Å². The van der Waals surface area contributed by atoms with Crippen LogP contribution >= 0.6 is 0 Å². The Kier molecular flexibility index (Phi) is 15.5. The van der Waals surface area contributed by atoms with Gasteiger partial charge in [-0.1, -0.05) is 143 Å². The fraction of sp³-hybridized carbons (Fsp3) is 0.226. The van der Waals surface area contributed by atoms with Gasteiger partial charge in [-0.3, -0.25) is 4.79 Å². The number of benzene rings is 10. The first-order chi connectivity index (χ1) is 47.4. The highest BCUT2D eigenvalue weighted by Gasteiger charge is 2.47. The number of amides is 2. The number of carbonyl (C=O) groups is 3. The third-order valence-electron chi connectivity index (χ3n) is 20.5. The molecule has 15 rings (SSSR count). The van der Waals surface area contributed by atoms with E-state index in [1.807, 2.05) is 83.8 Å². The molecule has 1 saturated heterocycles. The highest BCUT2D eigenvalue weighted by molar-refractivity contribution is 6.11. The Morgan fingerprint density at radius 3 is 1.57 bits per heavy atom. The molecule has 2 atom stereocenters. The minimum Gasteiger partial charge on any atom is -0.497 e. The first kappa shape index (κ1) is 62.8. The van der Waals surface area contributed by atoms with Crippen LogP contribution < -0.4 is 43.4 Å². The maximum atomic E-state index is 15.0. The summed E-state index contributed by atoms with van der Waals surface area (Å²) in [7, 11) is 6.69. The Bertz CT molecular complexity index is 4990. The SMILES string of the molecule is C=C(C)C(=O)OCCNC(=O)Oc1ccc(C2(c3ccccc3)C=Cc3c4c(c5cc(OC)c(OC)cc5c3O2)-c2ccc(C(=O)N3CCN(c5ccc(C6(c7ccccc7)C=Cc7c8c(c9ccc(OC)cc9c7O6)-c6ccc(OC)cc6C8(C)C)cc5)CC3)cc2C4(C)C)cc1. The summed E-state index contributed by atoms with van der Waals surface area (Å²) in [4.78, 5) is 44.0. The van der Waals surface area contributed by atoms with Crippen LogP contribution in [0.1, 0.15) is 101 Å². The summed E-state index contributed by atoms with van der Waals surface area (Å²) in [6.07, 6.45) is 8.07. The third kappa shape index (κ3) is 10.1. The van der Waals surface area contributed by atoms with E-state index in [0.29, 0.717) is 54.7 Å². The average Bonchev–Trinajstić information content (AvgIpc) is 1.39. The van der Waals surface area contributed by atoms with Gasteiger partial charge in [-0.05, 0) is 153 Å². The van der Waals surface area contributed by atoms with Gasteiger partial charge in [0.05, 0.1) is 35.0 Å². The van der Waals surface area contributed by atoms with Gasteiger partial charge in [-0.15, -0.1) is 0 Å². The second-order valence-corrected chi connectivity index (χ2v) is 26.7. The number of anilines is 1. The van der Waals surface area contributed by atoms with E-state index in [2.05, 4.69) is 154 Å². The fourth-order valence-electron chi connectivity index (χ4n) is 15.6. The summed E-state index contributed by atoms with van der Waals surface area (Å²) in [5.41, 5.74) is 13.5. The van der Waals surface area contributed by atoms with Crippen LogP contribution in [0.15, 0.2) is 200 Å². The molecule has 14 nitrogen and oxygen atoms in total. The molecule has 0 aromatic heterocycles. The molecule has 3 heterocycles. The van der Waals surface area contributed by atoms with Crippen LogP contribution in [0.3, 0.4) is 0 Å². The summed E-state index contributed by atoms with van der Waals surface area (Å²) in [6.45, 7) is 16.6. The van der Waals surface area contributed by atoms with Gasteiger partial charge in [-0.2, -0.15) is 0 Å². The van der Waals surface area contributed by atoms with Crippen molar-refractivity contribution in [1.82, 2.24) is 10.2 Å². The highest BCUT2D eigenvalue weighted by atomic mass is 16.6. The number of rotatable bonds is 15. The number of ether oxygens (including phenoxy) is 8. The number of esters is 1. The van der Waals surface area contributed by atoms with E-state index in [1.54, 1.807) is 47.5 Å². The molecule has 1 fully saturated rings. The topological polar surface area (TPSA) is 144 Å². The number of nitrogens with one attached hydrogen (secondary N) is 1. The molecule has 2 unspecified atom stereocenters. The Morgan fingerprint density at radius 2 is 1.01 bits per heavy atom. The molecule has 492 valence electrons. The lowest BCUT2D eigenvalue weighted by molar-refractivity contribution is -0.138. The van der Waals surface area contributed by atoms with Gasteiger partial charge in [0.25, 0.3) is 5.91 Å². The summed E-state index contributed by atoms with van der Waals surface area (Å²) < 4.78 is 49.6. The standard InChI is InChI=1S/C84H75N3O11/c1-50(2)79(89)95-44-39-85-80(90)96-57-28-24-55(25-29-57)84(53-19-15-12-16-20-53)38-36-64-75-73(65-48-70(93-9)71(94-10)49-67(65)77(64)98-84)61-32-21-51(45-68(61)81(75,3)4)78(88)87-42-40-86(41-43-87)56-26-22-54(23-27-56)83(52-17-13-11-14-18-52)37-35-63-74-72(60-33-30-58(91-7)46-66(60)76(63)97-83)62-34-31-59(92-8)47-69(62)82(74,5)6/h11-38,45-49H,1,39-44H2,2-10H3,(H,85,90). The lowest BCUT2D eigenvalue weighted by Gasteiger charge is -2.39. The number of piperazine rings is 1. The van der Waals surface area contributed by atoms with Crippen molar-refractivity contribution >= 4 is 57.4 Å². The van der Waals surface area contributed by atoms with Crippen LogP contribution in [-0.2, 0) is 31.6 Å². The predicted octanol–water partition coefficient (Wildman–Crippen LogP) is 16.5. The number of carbonyl (C=O) groups excluding carboxylic acids is 3. The molecule has 1 N–H and O–H groups in total. The van der Waals surface area contributed by atoms with E-state index < -0.39 is 28.7 Å². The van der Waals surface area contributed by atoms with Crippen molar-refractivity contribution in [2.45, 2.75) is 56.7 Å². The van der Waals surface area contributed by atoms with E-state index in [0.717, 1.165) is 100 Å². The number of methoxy groups -OCH3 is 4. The monoisotopic (exact) mass is 1300 g/mol. The van der Waals surface area contributed by atoms with E-state index >= 15 is 0 Å². The highest BCUT2D eigenvalue weighted by Crippen LogP contribution is 2.61. The molecule has 0 spiro atoms. The van der Waals surface area contributed by atoms with Crippen LogP contribution in [0.25, 0.3) is 56.0 Å². The smallest absolute Gasteiger partial charge is 0.412 e. The van der Waals surface area contributed by atoms with Crippen LogP contribution in [0, 0.1) is 0 Å². The van der Waals surface area contributed by atoms with Crippen molar-refractivity contribution in [3.63, 3.8) is 0 Å². The molecule has 0 radical (unpaired) electrons. The normalized spacial score (nSPS) is 17.8. The quantitative estimate of drug-likeness (QED) is 0.0593. The first-order valence-electron chi connectivity index (χ1n) is 33.1. The van der Waals surface area contributed by atoms with Crippen LogP contribution in [0.4, 0.5) is 10.5 Å². The minimum absolute atomic E-state index is 0.0172. The van der Waals surface area contributed by atoms with Gasteiger partial charge in [0, 0.05) is 98.0 Å². The minimum atomic E-state index is -1.14. The van der Waals surface area contributed by atoms with Gasteiger partial charge in [0.2, 0.25) is 0 Å². The summed E-state index contributed by atoms with van der Waals surface area (Å²) in [5, 5.41) is 6.43. The molecule has 3 aliphatic heterocycles. The Labute approximate surface area is 570 Å². The van der Waals surface area contributed by atoms with Crippen molar-refractivity contribution in [2.75, 3.05) is 72.7 Å². The Hall–Kier alpha value is -11.3. The molecule has 2 amide bonds. The zero-order chi connectivity index (χ0) is 68.0. The van der Waals surface area contributed by atoms with E-state index in [-0.39, 0.29) is 30.0 Å². The maximum Gasteiger partial charge on any atom is 0.412 e. The molecule has 0 saturated carbocycles. The number of hydrogen-bond donors (Lipinski definition) is 1. The number of fused-ring (bicyclic) bond motifs is 16.